The van der Waals surface area contributed by atoms with Crippen molar-refractivity contribution in [3.05, 3.63) is 118 Å². The molecule has 11 heteroatoms. The third kappa shape index (κ3) is 5.68. The molecular weight excluding hydrogens is 699 g/mol. The van der Waals surface area contributed by atoms with Crippen molar-refractivity contribution in [1.29, 1.82) is 0 Å². The molecule has 1 N–H and O–H groups in total. The first-order chi connectivity index (χ1) is 23.5. The minimum Gasteiger partial charge on any atom is -0.423 e. The molecule has 0 saturated carbocycles. The standard InChI is InChI=1S/C39H33F3NO4PS2/c1-21-15-23(3)33(24(4)16-21)31-19-27-11-7-9-13-29(27)35-36-30-14-10-8-12-28(30)20-32(34-25(5)17-22(2)18-26(34)6)38(36)47-48(49,46-37(31)35)43-50(44,45)39(40,41)42/h7-20H,1-6H3,(H,43,49). The van der Waals surface area contributed by atoms with E-state index in [4.69, 9.17) is 20.9 Å². The first kappa shape index (κ1) is 34.2. The van der Waals surface area contributed by atoms with Crippen LogP contribution in [0.2, 0.25) is 0 Å². The van der Waals surface area contributed by atoms with Gasteiger partial charge in [0.15, 0.2) is 0 Å². The molecule has 0 amide bonds. The zero-order valence-corrected chi connectivity index (χ0v) is 30.6. The average Bonchev–Trinajstić information content (AvgIpc) is 3.13. The van der Waals surface area contributed by atoms with Crippen LogP contribution in [-0.4, -0.2) is 13.9 Å². The first-order valence-electron chi connectivity index (χ1n) is 15.9. The lowest BCUT2D eigenvalue weighted by molar-refractivity contribution is -0.0442. The number of hydrogen-bond donors (Lipinski definition) is 1. The molecule has 6 aromatic carbocycles. The van der Waals surface area contributed by atoms with Gasteiger partial charge in [-0.05, 0) is 109 Å². The minimum atomic E-state index is -6.02. The maximum atomic E-state index is 14.1. The van der Waals surface area contributed by atoms with Gasteiger partial charge in [-0.25, -0.2) is 8.42 Å². The highest BCUT2D eigenvalue weighted by molar-refractivity contribution is 8.14. The van der Waals surface area contributed by atoms with Crippen LogP contribution in [-0.2, 0) is 21.8 Å². The van der Waals surface area contributed by atoms with Crippen molar-refractivity contribution >= 4 is 50.0 Å². The Morgan fingerprint density at radius 1 is 0.600 bits per heavy atom. The van der Waals surface area contributed by atoms with Gasteiger partial charge >= 0.3 is 22.2 Å². The smallest absolute Gasteiger partial charge is 0.423 e. The number of fused-ring (bicyclic) bond motifs is 7. The van der Waals surface area contributed by atoms with Crippen LogP contribution >= 0.6 is 6.64 Å². The van der Waals surface area contributed by atoms with Crippen LogP contribution in [0.15, 0.2) is 84.9 Å². The Bertz CT molecular complexity index is 2380. The van der Waals surface area contributed by atoms with Crippen LogP contribution in [0.25, 0.3) is 54.9 Å². The summed E-state index contributed by atoms with van der Waals surface area (Å²) in [5, 5.41) is 3.16. The van der Waals surface area contributed by atoms with E-state index in [1.807, 2.05) is 126 Å². The highest BCUT2D eigenvalue weighted by atomic mass is 32.5. The SMILES string of the molecule is Cc1cc(C)c(-c2cc3ccccc3c3c2OP(=S)(NS(=O)(=O)C(F)(F)F)Oc2c(-c4c(C)cc(C)cc4C)cc4ccccc4c2-3)c(C)c1. The van der Waals surface area contributed by atoms with Gasteiger partial charge in [0.25, 0.3) is 0 Å². The van der Waals surface area contributed by atoms with Gasteiger partial charge in [0, 0.05) is 34.1 Å². The van der Waals surface area contributed by atoms with Crippen molar-refractivity contribution in [3.8, 4) is 44.9 Å². The maximum absolute atomic E-state index is 14.1. The number of benzene rings is 6. The largest absolute Gasteiger partial charge is 0.511 e. The van der Waals surface area contributed by atoms with Gasteiger partial charge in [0.05, 0.1) is 0 Å². The third-order valence-corrected chi connectivity index (χ3v) is 13.5. The van der Waals surface area contributed by atoms with Crippen molar-refractivity contribution in [2.24, 2.45) is 0 Å². The molecule has 7 rings (SSSR count). The van der Waals surface area contributed by atoms with E-state index in [2.05, 4.69) is 0 Å². The summed E-state index contributed by atoms with van der Waals surface area (Å²) in [5.41, 5.74) is 3.83. The number of nitrogens with one attached hydrogen (secondary N) is 1. The lowest BCUT2D eigenvalue weighted by Gasteiger charge is -2.26. The Kier molecular flexibility index (Phi) is 8.18. The second-order valence-electron chi connectivity index (χ2n) is 13.0. The van der Waals surface area contributed by atoms with Crippen LogP contribution in [0, 0.1) is 41.5 Å². The first-order valence-corrected chi connectivity index (χ1v) is 20.0. The molecule has 256 valence electrons. The molecule has 0 bridgehead atoms. The number of halogens is 3. The molecule has 0 saturated heterocycles. The molecule has 50 heavy (non-hydrogen) atoms. The minimum absolute atomic E-state index is 0.144. The molecule has 0 atom stereocenters. The van der Waals surface area contributed by atoms with Crippen molar-refractivity contribution in [2.45, 2.75) is 47.1 Å². The number of alkyl halides is 3. The van der Waals surface area contributed by atoms with E-state index in [1.54, 1.807) is 4.49 Å². The number of sulfonamides is 1. The van der Waals surface area contributed by atoms with Gasteiger partial charge in [-0.2, -0.15) is 13.2 Å². The number of hydrogen-bond acceptors (Lipinski definition) is 5. The van der Waals surface area contributed by atoms with Crippen LogP contribution in [0.1, 0.15) is 33.4 Å². The molecule has 0 aromatic heterocycles. The van der Waals surface area contributed by atoms with Crippen LogP contribution in [0.4, 0.5) is 13.2 Å². The molecule has 5 nitrogen and oxygen atoms in total. The quantitative estimate of drug-likeness (QED) is 0.183. The molecule has 1 aliphatic rings. The average molecular weight is 732 g/mol. The Hall–Kier alpha value is -4.21. The fourth-order valence-corrected chi connectivity index (χ4v) is 11.5. The molecule has 6 aromatic rings. The van der Waals surface area contributed by atoms with Crippen molar-refractivity contribution in [2.75, 3.05) is 0 Å². The highest BCUT2D eigenvalue weighted by Crippen LogP contribution is 2.63. The fraction of sp³-hybridized carbons (Fsp3) is 0.179. The van der Waals surface area contributed by atoms with Gasteiger partial charge < -0.3 is 9.05 Å². The Labute approximate surface area is 294 Å². The predicted octanol–water partition coefficient (Wildman–Crippen LogP) is 11.3. The van der Waals surface area contributed by atoms with Crippen molar-refractivity contribution < 1.29 is 30.6 Å². The van der Waals surface area contributed by atoms with E-state index in [0.29, 0.717) is 22.3 Å². The molecule has 0 unspecified atom stereocenters. The summed E-state index contributed by atoms with van der Waals surface area (Å²) >= 11 is 5.82. The van der Waals surface area contributed by atoms with E-state index >= 15 is 0 Å². The van der Waals surface area contributed by atoms with E-state index in [-0.39, 0.29) is 11.5 Å². The molecule has 0 aliphatic carbocycles. The molecule has 0 spiro atoms. The van der Waals surface area contributed by atoms with Gasteiger partial charge in [0.1, 0.15) is 11.5 Å². The van der Waals surface area contributed by atoms with Gasteiger partial charge in [0.2, 0.25) is 0 Å². The molecule has 1 heterocycles. The zero-order chi connectivity index (χ0) is 35.9. The highest BCUT2D eigenvalue weighted by Gasteiger charge is 2.51. The van der Waals surface area contributed by atoms with Gasteiger partial charge in [-0.3, -0.25) is 0 Å². The monoisotopic (exact) mass is 731 g/mol. The summed E-state index contributed by atoms with van der Waals surface area (Å²) in [6, 6.07) is 27.2. The summed E-state index contributed by atoms with van der Waals surface area (Å²) in [6.45, 7) is 7.20. The van der Waals surface area contributed by atoms with Gasteiger partial charge in [-0.15, -0.1) is 4.49 Å². The summed E-state index contributed by atoms with van der Waals surface area (Å²) < 4.78 is 82.6. The number of rotatable bonds is 4. The van der Waals surface area contributed by atoms with Gasteiger partial charge in [-0.1, -0.05) is 83.9 Å². The van der Waals surface area contributed by atoms with E-state index in [1.165, 1.54) is 0 Å². The predicted molar refractivity (Wildman–Crippen MR) is 200 cm³/mol. The third-order valence-electron chi connectivity index (χ3n) is 9.11. The van der Waals surface area contributed by atoms with E-state index < -0.39 is 22.2 Å². The molecular formula is C39H33F3NO4PS2. The normalized spacial score (nSPS) is 14.1. The second-order valence-corrected chi connectivity index (χ2v) is 18.0. The summed E-state index contributed by atoms with van der Waals surface area (Å²) in [4.78, 5) is 0. The molecule has 1 aliphatic heterocycles. The van der Waals surface area contributed by atoms with E-state index in [0.717, 1.165) is 66.1 Å². The second kappa shape index (κ2) is 11.9. The molecule has 0 radical (unpaired) electrons. The van der Waals surface area contributed by atoms with E-state index in [9.17, 15) is 21.6 Å². The summed E-state index contributed by atoms with van der Waals surface area (Å²) in [7, 11) is -6.02. The van der Waals surface area contributed by atoms with Crippen molar-refractivity contribution in [3.63, 3.8) is 0 Å². The lowest BCUT2D eigenvalue weighted by atomic mass is 9.84. The Morgan fingerprint density at radius 2 is 0.960 bits per heavy atom. The maximum Gasteiger partial charge on any atom is 0.511 e. The Balaban J connectivity index is 1.73. The van der Waals surface area contributed by atoms with Crippen LogP contribution in [0.3, 0.4) is 0 Å². The summed E-state index contributed by atoms with van der Waals surface area (Å²) in [5.74, 6) is 0.288. The molecule has 0 fully saturated rings. The number of aryl methyl sites for hydroxylation is 6. The Morgan fingerprint density at radius 3 is 1.32 bits per heavy atom. The van der Waals surface area contributed by atoms with Crippen LogP contribution < -0.4 is 13.5 Å². The fourth-order valence-electron chi connectivity index (χ4n) is 7.42. The zero-order valence-electron chi connectivity index (χ0n) is 28.1. The summed E-state index contributed by atoms with van der Waals surface area (Å²) in [6.07, 6.45) is 0. The topological polar surface area (TPSA) is 64.6 Å². The van der Waals surface area contributed by atoms with Crippen LogP contribution in [0.5, 0.6) is 11.5 Å². The lowest BCUT2D eigenvalue weighted by Crippen LogP contribution is -2.36. The van der Waals surface area contributed by atoms with Crippen molar-refractivity contribution in [1.82, 2.24) is 4.49 Å².